The summed E-state index contributed by atoms with van der Waals surface area (Å²) in [4.78, 5) is 18.8. The molecule has 7 heteroatoms. The summed E-state index contributed by atoms with van der Waals surface area (Å²) in [5.41, 5.74) is -0.450. The van der Waals surface area contributed by atoms with Gasteiger partial charge in [0.15, 0.2) is 0 Å². The molecule has 6 nitrogen and oxygen atoms in total. The predicted octanol–water partition coefficient (Wildman–Crippen LogP) is 2.59. The lowest BCUT2D eigenvalue weighted by atomic mass is 9.92. The van der Waals surface area contributed by atoms with Crippen LogP contribution in [-0.2, 0) is 4.74 Å². The van der Waals surface area contributed by atoms with Crippen molar-refractivity contribution in [2.24, 2.45) is 11.8 Å². The number of hydrogen-bond acceptors (Lipinski definition) is 6. The molecule has 0 aromatic carbocycles. The van der Waals surface area contributed by atoms with Crippen molar-refractivity contribution in [1.82, 2.24) is 14.7 Å². The zero-order valence-electron chi connectivity index (χ0n) is 13.6. The highest BCUT2D eigenvalue weighted by atomic mass is 32.1. The molecule has 3 atom stereocenters. The topological polar surface area (TPSA) is 67.4 Å². The second-order valence-electron chi connectivity index (χ2n) is 7.30. The zero-order valence-corrected chi connectivity index (χ0v) is 14.4. The minimum Gasteiger partial charge on any atom is -0.444 e. The van der Waals surface area contributed by atoms with E-state index in [0.29, 0.717) is 11.8 Å². The number of carbonyl (C=O) groups is 1. The van der Waals surface area contributed by atoms with Crippen LogP contribution in [0.3, 0.4) is 0 Å². The Morgan fingerprint density at radius 2 is 1.95 bits per heavy atom. The quantitative estimate of drug-likeness (QED) is 0.905. The van der Waals surface area contributed by atoms with E-state index in [0.717, 1.165) is 36.9 Å². The molecule has 1 amide bonds. The van der Waals surface area contributed by atoms with Crippen molar-refractivity contribution in [3.8, 4) is 0 Å². The molecule has 0 spiro atoms. The summed E-state index contributed by atoms with van der Waals surface area (Å²) in [7, 11) is 0. The molecule has 122 valence electrons. The molecule has 2 aliphatic rings. The lowest BCUT2D eigenvalue weighted by Crippen LogP contribution is -2.53. The number of ether oxygens (including phenoxy) is 1. The van der Waals surface area contributed by atoms with Crippen LogP contribution in [0, 0.1) is 18.8 Å². The first kappa shape index (κ1) is 15.5. The Morgan fingerprint density at radius 3 is 2.45 bits per heavy atom. The molecule has 1 saturated heterocycles. The molecule has 2 bridgehead atoms. The van der Waals surface area contributed by atoms with Gasteiger partial charge in [-0.1, -0.05) is 0 Å². The Labute approximate surface area is 135 Å². The van der Waals surface area contributed by atoms with Crippen LogP contribution in [0.2, 0.25) is 0 Å². The molecule has 1 aliphatic heterocycles. The van der Waals surface area contributed by atoms with Gasteiger partial charge in [-0.2, -0.15) is 4.37 Å². The maximum Gasteiger partial charge on any atom is 0.407 e. The number of rotatable bonds is 2. The minimum absolute atomic E-state index is 0.222. The highest BCUT2D eigenvalue weighted by molar-refractivity contribution is 7.09. The number of aromatic nitrogens is 2. The Morgan fingerprint density at radius 1 is 1.32 bits per heavy atom. The molecule has 0 radical (unpaired) electrons. The van der Waals surface area contributed by atoms with Crippen LogP contribution < -0.4 is 10.2 Å². The van der Waals surface area contributed by atoms with Crippen molar-refractivity contribution in [2.75, 3.05) is 18.0 Å². The molecule has 1 unspecified atom stereocenters. The number of aryl methyl sites for hydroxylation is 1. The van der Waals surface area contributed by atoms with Crippen LogP contribution in [-0.4, -0.2) is 40.2 Å². The summed E-state index contributed by atoms with van der Waals surface area (Å²) in [5, 5.41) is 4.10. The molecular weight excluding hydrogens is 300 g/mol. The molecule has 2 heterocycles. The number of amides is 1. The third kappa shape index (κ3) is 3.34. The minimum atomic E-state index is -0.450. The van der Waals surface area contributed by atoms with Crippen LogP contribution in [0.4, 0.5) is 9.93 Å². The molecule has 2 fully saturated rings. The van der Waals surface area contributed by atoms with Crippen LogP contribution >= 0.6 is 11.5 Å². The molecule has 1 aromatic heterocycles. The smallest absolute Gasteiger partial charge is 0.407 e. The average molecular weight is 324 g/mol. The van der Waals surface area contributed by atoms with Gasteiger partial charge in [0.1, 0.15) is 11.4 Å². The van der Waals surface area contributed by atoms with Crippen molar-refractivity contribution < 1.29 is 9.53 Å². The van der Waals surface area contributed by atoms with Crippen molar-refractivity contribution in [2.45, 2.75) is 52.2 Å². The lowest BCUT2D eigenvalue weighted by Gasteiger charge is -2.38. The number of alkyl carbamates (subject to hydrolysis) is 1. The fourth-order valence-electron chi connectivity index (χ4n) is 3.47. The van der Waals surface area contributed by atoms with Gasteiger partial charge in [0.25, 0.3) is 0 Å². The van der Waals surface area contributed by atoms with E-state index in [4.69, 9.17) is 4.74 Å². The van der Waals surface area contributed by atoms with Gasteiger partial charge < -0.3 is 15.0 Å². The van der Waals surface area contributed by atoms with Crippen molar-refractivity contribution >= 4 is 22.8 Å². The summed E-state index contributed by atoms with van der Waals surface area (Å²) < 4.78 is 9.66. The number of nitrogens with one attached hydrogen (secondary N) is 1. The monoisotopic (exact) mass is 324 g/mol. The van der Waals surface area contributed by atoms with Crippen LogP contribution in [0.5, 0.6) is 0 Å². The maximum atomic E-state index is 12.0. The molecule has 1 aliphatic carbocycles. The number of nitrogens with zero attached hydrogens (tertiary/aromatic N) is 3. The molecule has 3 rings (SSSR count). The summed E-state index contributed by atoms with van der Waals surface area (Å²) in [6.07, 6.45) is 2.01. The van der Waals surface area contributed by atoms with E-state index < -0.39 is 5.60 Å². The normalized spacial score (nSPS) is 27.8. The van der Waals surface area contributed by atoms with E-state index in [1.807, 2.05) is 27.7 Å². The van der Waals surface area contributed by atoms with Crippen molar-refractivity contribution in [3.63, 3.8) is 0 Å². The number of anilines is 1. The third-order valence-electron chi connectivity index (χ3n) is 4.30. The van der Waals surface area contributed by atoms with Gasteiger partial charge >= 0.3 is 6.09 Å². The maximum absolute atomic E-state index is 12.0. The SMILES string of the molecule is Cc1nsc(N2C[C@H]3CC[C@@H](C2)C3NC(=O)OC(C)(C)C)n1. The summed E-state index contributed by atoms with van der Waals surface area (Å²) in [6.45, 7) is 9.47. The lowest BCUT2D eigenvalue weighted by molar-refractivity contribution is 0.0472. The van der Waals surface area contributed by atoms with Crippen LogP contribution in [0.1, 0.15) is 39.4 Å². The number of fused-ring (bicyclic) bond motifs is 2. The molecule has 1 N–H and O–H groups in total. The van der Waals surface area contributed by atoms with Gasteiger partial charge in [-0.05, 0) is 52.4 Å². The summed E-state index contributed by atoms with van der Waals surface area (Å²) in [6, 6.07) is 0.222. The Balaban J connectivity index is 1.62. The first-order valence-electron chi connectivity index (χ1n) is 7.86. The molecule has 1 aromatic rings. The van der Waals surface area contributed by atoms with E-state index in [9.17, 15) is 4.79 Å². The van der Waals surface area contributed by atoms with Crippen LogP contribution in [0.15, 0.2) is 0 Å². The summed E-state index contributed by atoms with van der Waals surface area (Å²) >= 11 is 1.46. The number of hydrogen-bond donors (Lipinski definition) is 1. The van der Waals surface area contributed by atoms with Crippen molar-refractivity contribution in [3.05, 3.63) is 5.82 Å². The van der Waals surface area contributed by atoms with Gasteiger partial charge in [0.2, 0.25) is 5.13 Å². The number of piperidine rings is 1. The highest BCUT2D eigenvalue weighted by Crippen LogP contribution is 2.39. The largest absolute Gasteiger partial charge is 0.444 e. The van der Waals surface area contributed by atoms with E-state index in [1.165, 1.54) is 11.5 Å². The second-order valence-corrected chi connectivity index (χ2v) is 8.03. The fraction of sp³-hybridized carbons (Fsp3) is 0.800. The molecule has 22 heavy (non-hydrogen) atoms. The Kier molecular flexibility index (Phi) is 4.01. The first-order valence-corrected chi connectivity index (χ1v) is 8.64. The molecule has 1 saturated carbocycles. The molecular formula is C15H24N4O2S. The predicted molar refractivity (Wildman–Crippen MR) is 86.2 cm³/mol. The Bertz CT molecular complexity index is 540. The number of carbonyl (C=O) groups excluding carboxylic acids is 1. The van der Waals surface area contributed by atoms with Gasteiger partial charge in [-0.3, -0.25) is 0 Å². The standard InChI is InChI=1S/C15H24N4O2S/c1-9-16-13(22-18-9)19-7-10-5-6-11(8-19)12(10)17-14(20)21-15(2,3)4/h10-12H,5-8H2,1-4H3,(H,17,20)/t10-,11+,12?. The average Bonchev–Trinajstić information content (AvgIpc) is 2.89. The zero-order chi connectivity index (χ0) is 15.9. The van der Waals surface area contributed by atoms with Gasteiger partial charge in [-0.25, -0.2) is 9.78 Å². The van der Waals surface area contributed by atoms with Gasteiger partial charge in [0, 0.05) is 30.7 Å². The fourth-order valence-corrected chi connectivity index (χ4v) is 4.16. The first-order chi connectivity index (χ1) is 10.3. The van der Waals surface area contributed by atoms with E-state index >= 15 is 0 Å². The Hall–Kier alpha value is -1.37. The van der Waals surface area contributed by atoms with E-state index in [2.05, 4.69) is 19.6 Å². The van der Waals surface area contributed by atoms with Gasteiger partial charge in [-0.15, -0.1) is 0 Å². The van der Waals surface area contributed by atoms with E-state index in [1.54, 1.807) is 0 Å². The highest BCUT2D eigenvalue weighted by Gasteiger charge is 2.43. The van der Waals surface area contributed by atoms with Crippen molar-refractivity contribution in [1.29, 1.82) is 0 Å². The second kappa shape index (κ2) is 5.68. The van der Waals surface area contributed by atoms with E-state index in [-0.39, 0.29) is 12.1 Å². The van der Waals surface area contributed by atoms with Gasteiger partial charge in [0.05, 0.1) is 0 Å². The summed E-state index contributed by atoms with van der Waals surface area (Å²) in [5.74, 6) is 1.77. The van der Waals surface area contributed by atoms with Crippen LogP contribution in [0.25, 0.3) is 0 Å². The third-order valence-corrected chi connectivity index (χ3v) is 5.17.